The number of hydrogen-bond acceptors (Lipinski definition) is 5. The second-order valence-corrected chi connectivity index (χ2v) is 8.23. The van der Waals surface area contributed by atoms with Crippen LogP contribution in [-0.4, -0.2) is 30.1 Å². The summed E-state index contributed by atoms with van der Waals surface area (Å²) in [5.41, 5.74) is 3.87. The minimum Gasteiger partial charge on any atom is -0.466 e. The summed E-state index contributed by atoms with van der Waals surface area (Å²) in [7, 11) is 0. The van der Waals surface area contributed by atoms with Crippen LogP contribution in [0.3, 0.4) is 0 Å². The minimum absolute atomic E-state index is 0.0523. The molecule has 1 fully saturated rings. The Labute approximate surface area is 163 Å². The second kappa shape index (κ2) is 7.09. The molecule has 1 amide bonds. The minimum atomic E-state index is -0.0748. The van der Waals surface area contributed by atoms with Crippen LogP contribution >= 0.6 is 11.3 Å². The number of rotatable bonds is 4. The summed E-state index contributed by atoms with van der Waals surface area (Å²) in [4.78, 5) is 20.0. The predicted molar refractivity (Wildman–Crippen MR) is 108 cm³/mol. The summed E-state index contributed by atoms with van der Waals surface area (Å²) in [6.45, 7) is 9.10. The number of amides is 1. The predicted octanol–water partition coefficient (Wildman–Crippen LogP) is 4.95. The van der Waals surface area contributed by atoms with Gasteiger partial charge in [0.05, 0.1) is 28.4 Å². The van der Waals surface area contributed by atoms with Crippen LogP contribution in [0.25, 0.3) is 10.2 Å². The molecule has 0 aliphatic carbocycles. The molecule has 1 aliphatic rings. The van der Waals surface area contributed by atoms with Gasteiger partial charge in [0, 0.05) is 6.61 Å². The molecule has 27 heavy (non-hydrogen) atoms. The number of furan rings is 1. The SMILES string of the molecule is Cc1cc(C(=O)N(CC2CCCO2)c2nc3c(C)ccc(C)c3s2)c(C)o1. The molecule has 0 N–H and O–H groups in total. The quantitative estimate of drug-likeness (QED) is 0.639. The third-order valence-electron chi connectivity index (χ3n) is 5.09. The van der Waals surface area contributed by atoms with E-state index in [1.165, 1.54) is 5.56 Å². The lowest BCUT2D eigenvalue weighted by atomic mass is 10.1. The van der Waals surface area contributed by atoms with Gasteiger partial charge in [-0.15, -0.1) is 0 Å². The summed E-state index contributed by atoms with van der Waals surface area (Å²) < 4.78 is 12.5. The van der Waals surface area contributed by atoms with Crippen molar-refractivity contribution in [3.63, 3.8) is 0 Å². The molecule has 2 aromatic heterocycles. The molecule has 3 heterocycles. The van der Waals surface area contributed by atoms with Crippen molar-refractivity contribution >= 4 is 32.6 Å². The Morgan fingerprint density at radius 2 is 2.04 bits per heavy atom. The maximum Gasteiger partial charge on any atom is 0.263 e. The maximum atomic E-state index is 13.4. The zero-order valence-electron chi connectivity index (χ0n) is 16.2. The maximum absolute atomic E-state index is 13.4. The first-order valence-electron chi connectivity index (χ1n) is 9.31. The standard InChI is InChI=1S/C21H24N2O3S/c1-12-7-8-13(2)19-18(12)22-21(27-19)23(11-16-6-5-9-25-16)20(24)17-10-14(3)26-15(17)4/h7-8,10,16H,5-6,9,11H2,1-4H3. The van der Waals surface area contributed by atoms with Crippen LogP contribution in [0.5, 0.6) is 0 Å². The lowest BCUT2D eigenvalue weighted by Gasteiger charge is -2.22. The number of hydrogen-bond donors (Lipinski definition) is 0. The molecule has 6 heteroatoms. The van der Waals surface area contributed by atoms with E-state index in [9.17, 15) is 4.79 Å². The van der Waals surface area contributed by atoms with Gasteiger partial charge in [-0.3, -0.25) is 9.69 Å². The monoisotopic (exact) mass is 384 g/mol. The molecule has 4 rings (SSSR count). The first-order chi connectivity index (χ1) is 12.9. The topological polar surface area (TPSA) is 55.6 Å². The highest BCUT2D eigenvalue weighted by Crippen LogP contribution is 2.34. The van der Waals surface area contributed by atoms with Crippen molar-refractivity contribution in [2.75, 3.05) is 18.1 Å². The number of benzene rings is 1. The van der Waals surface area contributed by atoms with Crippen LogP contribution in [0.2, 0.25) is 0 Å². The Bertz CT molecular complexity index is 959. The van der Waals surface area contributed by atoms with E-state index in [0.29, 0.717) is 17.9 Å². The lowest BCUT2D eigenvalue weighted by molar-refractivity contribution is 0.0916. The Morgan fingerprint density at radius 1 is 1.26 bits per heavy atom. The van der Waals surface area contributed by atoms with E-state index in [1.54, 1.807) is 16.2 Å². The number of thiazole rings is 1. The van der Waals surface area contributed by atoms with Crippen molar-refractivity contribution < 1.29 is 13.9 Å². The molecule has 1 atom stereocenters. The fourth-order valence-corrected chi connectivity index (χ4v) is 4.71. The number of fused-ring (bicyclic) bond motifs is 1. The molecule has 1 aliphatic heterocycles. The Hall–Kier alpha value is -2.18. The molecule has 5 nitrogen and oxygen atoms in total. The van der Waals surface area contributed by atoms with Crippen LogP contribution in [0, 0.1) is 27.7 Å². The van der Waals surface area contributed by atoms with E-state index in [0.717, 1.165) is 46.1 Å². The highest BCUT2D eigenvalue weighted by atomic mass is 32.1. The van der Waals surface area contributed by atoms with Crippen LogP contribution < -0.4 is 4.90 Å². The van der Waals surface area contributed by atoms with E-state index < -0.39 is 0 Å². The third-order valence-corrected chi connectivity index (χ3v) is 6.30. The summed E-state index contributed by atoms with van der Waals surface area (Å²) >= 11 is 1.57. The van der Waals surface area contributed by atoms with Gasteiger partial charge in [0.2, 0.25) is 0 Å². The average Bonchev–Trinajstić information content (AvgIpc) is 3.35. The van der Waals surface area contributed by atoms with Gasteiger partial charge in [0.25, 0.3) is 5.91 Å². The Balaban J connectivity index is 1.77. The van der Waals surface area contributed by atoms with Gasteiger partial charge in [0.15, 0.2) is 5.13 Å². The van der Waals surface area contributed by atoms with Crippen molar-refractivity contribution in [2.45, 2.75) is 46.6 Å². The summed E-state index contributed by atoms with van der Waals surface area (Å²) in [6, 6.07) is 6.00. The van der Waals surface area contributed by atoms with E-state index >= 15 is 0 Å². The van der Waals surface area contributed by atoms with Crippen molar-refractivity contribution in [1.29, 1.82) is 0 Å². The van der Waals surface area contributed by atoms with Gasteiger partial charge in [-0.25, -0.2) is 4.98 Å². The lowest BCUT2D eigenvalue weighted by Crippen LogP contribution is -2.37. The Morgan fingerprint density at radius 3 is 2.67 bits per heavy atom. The molecule has 0 spiro atoms. The zero-order chi connectivity index (χ0) is 19.1. The van der Waals surface area contributed by atoms with Crippen molar-refractivity contribution in [3.05, 3.63) is 46.4 Å². The van der Waals surface area contributed by atoms with Gasteiger partial charge in [-0.1, -0.05) is 23.5 Å². The van der Waals surface area contributed by atoms with Gasteiger partial charge < -0.3 is 9.15 Å². The summed E-state index contributed by atoms with van der Waals surface area (Å²) in [6.07, 6.45) is 2.06. The molecule has 142 valence electrons. The Kier molecular flexibility index (Phi) is 4.78. The molecule has 0 saturated carbocycles. The third kappa shape index (κ3) is 3.39. The number of anilines is 1. The molecule has 0 radical (unpaired) electrons. The molecular formula is C21H24N2O3S. The van der Waals surface area contributed by atoms with Gasteiger partial charge in [-0.2, -0.15) is 0 Å². The zero-order valence-corrected chi connectivity index (χ0v) is 17.0. The summed E-state index contributed by atoms with van der Waals surface area (Å²) in [5, 5.41) is 0.723. The fourth-order valence-electron chi connectivity index (χ4n) is 3.59. The first-order valence-corrected chi connectivity index (χ1v) is 10.1. The van der Waals surface area contributed by atoms with Gasteiger partial charge in [-0.05, 0) is 57.7 Å². The van der Waals surface area contributed by atoms with E-state index in [1.807, 2.05) is 19.9 Å². The molecule has 1 unspecified atom stereocenters. The van der Waals surface area contributed by atoms with Crippen molar-refractivity contribution in [3.8, 4) is 0 Å². The number of aromatic nitrogens is 1. The molecule has 3 aromatic rings. The van der Waals surface area contributed by atoms with Crippen molar-refractivity contribution in [1.82, 2.24) is 4.98 Å². The molecule has 1 aromatic carbocycles. The van der Waals surface area contributed by atoms with Gasteiger partial charge >= 0.3 is 0 Å². The first kappa shape index (κ1) is 18.2. The van der Waals surface area contributed by atoms with Gasteiger partial charge in [0.1, 0.15) is 11.5 Å². The second-order valence-electron chi connectivity index (χ2n) is 7.25. The van der Waals surface area contributed by atoms with E-state index in [2.05, 4.69) is 26.0 Å². The van der Waals surface area contributed by atoms with Crippen LogP contribution in [0.4, 0.5) is 5.13 Å². The number of carbonyl (C=O) groups excluding carboxylic acids is 1. The van der Waals surface area contributed by atoms with E-state index in [4.69, 9.17) is 14.1 Å². The highest BCUT2D eigenvalue weighted by Gasteiger charge is 2.29. The molecule has 1 saturated heterocycles. The van der Waals surface area contributed by atoms with Crippen LogP contribution in [0.15, 0.2) is 22.6 Å². The number of aryl methyl sites for hydroxylation is 4. The molecule has 0 bridgehead atoms. The average molecular weight is 385 g/mol. The van der Waals surface area contributed by atoms with E-state index in [-0.39, 0.29) is 12.0 Å². The fraction of sp³-hybridized carbons (Fsp3) is 0.429. The number of ether oxygens (including phenoxy) is 1. The smallest absolute Gasteiger partial charge is 0.263 e. The normalized spacial score (nSPS) is 17.0. The van der Waals surface area contributed by atoms with Crippen molar-refractivity contribution in [2.24, 2.45) is 0 Å². The highest BCUT2D eigenvalue weighted by molar-refractivity contribution is 7.22. The van der Waals surface area contributed by atoms with Crippen LogP contribution in [-0.2, 0) is 4.74 Å². The summed E-state index contributed by atoms with van der Waals surface area (Å²) in [5.74, 6) is 1.31. The largest absolute Gasteiger partial charge is 0.466 e. The molecular weight excluding hydrogens is 360 g/mol. The number of nitrogens with zero attached hydrogens (tertiary/aromatic N) is 2. The van der Waals surface area contributed by atoms with Crippen LogP contribution in [0.1, 0.15) is 45.8 Å². The number of carbonyl (C=O) groups is 1.